The van der Waals surface area contributed by atoms with Gasteiger partial charge in [0, 0.05) is 23.6 Å². The van der Waals surface area contributed by atoms with Gasteiger partial charge in [-0.25, -0.2) is 23.2 Å². The van der Waals surface area contributed by atoms with Gasteiger partial charge in [0.2, 0.25) is 0 Å². The lowest BCUT2D eigenvalue weighted by Gasteiger charge is -2.17. The second-order valence-electron chi connectivity index (χ2n) is 6.11. The van der Waals surface area contributed by atoms with E-state index in [1.165, 1.54) is 15.6 Å². The zero-order valence-corrected chi connectivity index (χ0v) is 16.9. The average molecular weight is 429 g/mol. The number of para-hydroxylation sites is 1. The summed E-state index contributed by atoms with van der Waals surface area (Å²) >= 11 is 1.77. The largest absolute Gasteiger partial charge is 0.393 e. The molecule has 1 aliphatic heterocycles. The molecule has 3 rings (SSSR count). The minimum atomic E-state index is -4.94. The number of hydrogen-bond donors (Lipinski definition) is 2. The number of fused-ring (bicyclic) bond motifs is 1. The predicted molar refractivity (Wildman–Crippen MR) is 93.1 cm³/mol. The van der Waals surface area contributed by atoms with Gasteiger partial charge >= 0.3 is 0 Å². The molecule has 152 valence electrons. The number of aromatic nitrogens is 1. The Morgan fingerprint density at radius 3 is 2.43 bits per heavy atom. The molecule has 0 saturated carbocycles. The molecule has 2 aromatic rings. The molecule has 1 unspecified atom stereocenters. The summed E-state index contributed by atoms with van der Waals surface area (Å²) in [6, 6.07) is 10.4. The third-order valence-electron chi connectivity index (χ3n) is 3.94. The SMILES string of the molecule is Cc1c[n+](CC(O)CO)ccc1C=C1Sc2ccccc2N1C.[O-][Cl+3]([O-])([O-])[O-]. The smallest absolute Gasteiger partial charge is 0.176 e. The Morgan fingerprint density at radius 1 is 1.21 bits per heavy atom. The standard InChI is InChI=1S/C18H21N2O2S.ClHO4/c1-13-10-20(11-15(22)12-21)8-7-14(13)9-18-19(2)16-5-3-4-6-17(16)23-18;2-1(3,4)5/h3-10,15,21-22H,11-12H2,1-2H3;(H,2,3,4,5)/q+1;/p-1. The van der Waals surface area contributed by atoms with Crippen LogP contribution < -0.4 is 28.1 Å². The molecule has 28 heavy (non-hydrogen) atoms. The van der Waals surface area contributed by atoms with E-state index < -0.39 is 16.3 Å². The fourth-order valence-corrected chi connectivity index (χ4v) is 3.73. The van der Waals surface area contributed by atoms with Crippen LogP contribution in [-0.2, 0) is 6.54 Å². The number of nitrogens with zero attached hydrogens (tertiary/aromatic N) is 2. The number of pyridine rings is 1. The van der Waals surface area contributed by atoms with Gasteiger partial charge in [0.1, 0.15) is 6.10 Å². The molecule has 8 nitrogen and oxygen atoms in total. The Balaban J connectivity index is 0.000000500. The number of benzene rings is 1. The summed E-state index contributed by atoms with van der Waals surface area (Å²) in [5, 5.41) is 19.7. The first-order valence-corrected chi connectivity index (χ1v) is 10.3. The average Bonchev–Trinajstić information content (AvgIpc) is 2.92. The van der Waals surface area contributed by atoms with Gasteiger partial charge in [-0.2, -0.15) is 0 Å². The van der Waals surface area contributed by atoms with Crippen molar-refractivity contribution in [3.8, 4) is 0 Å². The van der Waals surface area contributed by atoms with E-state index in [9.17, 15) is 5.11 Å². The molecule has 10 heteroatoms. The number of hydrogen-bond acceptors (Lipinski definition) is 8. The van der Waals surface area contributed by atoms with E-state index in [0.29, 0.717) is 6.54 Å². The maximum absolute atomic E-state index is 9.54. The van der Waals surface area contributed by atoms with Crippen LogP contribution in [0.2, 0.25) is 0 Å². The third kappa shape index (κ3) is 6.73. The third-order valence-corrected chi connectivity index (χ3v) is 5.11. The molecular weight excluding hydrogens is 408 g/mol. The van der Waals surface area contributed by atoms with Gasteiger partial charge in [-0.15, -0.1) is 10.2 Å². The molecule has 2 heterocycles. The van der Waals surface area contributed by atoms with Crippen molar-refractivity contribution in [2.75, 3.05) is 18.6 Å². The van der Waals surface area contributed by atoms with E-state index in [1.54, 1.807) is 11.8 Å². The zero-order valence-electron chi connectivity index (χ0n) is 15.3. The number of halogens is 1. The van der Waals surface area contributed by atoms with Gasteiger partial charge in [0.05, 0.1) is 17.3 Å². The minimum Gasteiger partial charge on any atom is -0.393 e. The summed E-state index contributed by atoms with van der Waals surface area (Å²) in [6.07, 6.45) is 5.39. The van der Waals surface area contributed by atoms with Gasteiger partial charge in [0.15, 0.2) is 18.9 Å². The van der Waals surface area contributed by atoms with E-state index in [0.717, 1.165) is 11.1 Å². The van der Waals surface area contributed by atoms with Crippen LogP contribution >= 0.6 is 11.8 Å². The maximum atomic E-state index is 9.54. The quantitative estimate of drug-likeness (QED) is 0.506. The van der Waals surface area contributed by atoms with Crippen molar-refractivity contribution in [3.05, 3.63) is 58.9 Å². The van der Waals surface area contributed by atoms with Crippen molar-refractivity contribution in [2.24, 2.45) is 0 Å². The Morgan fingerprint density at radius 2 is 1.86 bits per heavy atom. The molecule has 1 aliphatic rings. The lowest BCUT2D eigenvalue weighted by atomic mass is 10.1. The fraction of sp³-hybridized carbons (Fsp3) is 0.278. The first kappa shape index (κ1) is 22.6. The molecule has 0 fully saturated rings. The lowest BCUT2D eigenvalue weighted by Crippen LogP contribution is -2.68. The number of anilines is 1. The summed E-state index contributed by atoms with van der Waals surface area (Å²) in [5.74, 6) is 0. The predicted octanol–water partition coefficient (Wildman–Crippen LogP) is -2.58. The van der Waals surface area contributed by atoms with Crippen molar-refractivity contribution < 1.29 is 43.7 Å². The highest BCUT2D eigenvalue weighted by molar-refractivity contribution is 8.03. The second kappa shape index (κ2) is 9.68. The molecule has 1 atom stereocenters. The summed E-state index contributed by atoms with van der Waals surface area (Å²) in [7, 11) is -2.86. The van der Waals surface area contributed by atoms with E-state index in [4.69, 9.17) is 23.7 Å². The van der Waals surface area contributed by atoms with Crippen LogP contribution in [0, 0.1) is 17.2 Å². The maximum Gasteiger partial charge on any atom is 0.176 e. The number of rotatable bonds is 4. The lowest BCUT2D eigenvalue weighted by molar-refractivity contribution is -2.00. The van der Waals surface area contributed by atoms with Crippen molar-refractivity contribution >= 4 is 23.5 Å². The normalized spacial score (nSPS) is 15.9. The van der Waals surface area contributed by atoms with E-state index in [2.05, 4.69) is 49.2 Å². The van der Waals surface area contributed by atoms with Gasteiger partial charge in [0.25, 0.3) is 0 Å². The van der Waals surface area contributed by atoms with Crippen LogP contribution in [0.15, 0.2) is 52.7 Å². The Bertz CT molecular complexity index is 837. The van der Waals surface area contributed by atoms with Gasteiger partial charge in [-0.05, 0) is 30.7 Å². The van der Waals surface area contributed by atoms with Crippen LogP contribution in [0.25, 0.3) is 6.08 Å². The molecule has 0 radical (unpaired) electrons. The molecule has 1 aromatic heterocycles. The molecular formula is C18H21ClN2O6S. The number of aryl methyl sites for hydroxylation is 1. The Labute approximate surface area is 169 Å². The van der Waals surface area contributed by atoms with Crippen molar-refractivity contribution in [1.29, 1.82) is 0 Å². The van der Waals surface area contributed by atoms with E-state index in [-0.39, 0.29) is 6.61 Å². The molecule has 0 saturated heterocycles. The molecule has 2 N–H and O–H groups in total. The van der Waals surface area contributed by atoms with Crippen LogP contribution in [0.1, 0.15) is 11.1 Å². The van der Waals surface area contributed by atoms with Gasteiger partial charge in [-0.3, -0.25) is 0 Å². The van der Waals surface area contributed by atoms with Gasteiger partial charge in [-0.1, -0.05) is 23.9 Å². The topological polar surface area (TPSA) is 140 Å². The minimum absolute atomic E-state index is 0.225. The zero-order chi connectivity index (χ0) is 20.9. The molecule has 0 spiro atoms. The first-order chi connectivity index (χ1) is 13.1. The number of aliphatic hydroxyl groups is 2. The molecule has 1 aromatic carbocycles. The van der Waals surface area contributed by atoms with Crippen LogP contribution in [0.4, 0.5) is 5.69 Å². The number of thioether (sulfide) groups is 1. The fourth-order valence-electron chi connectivity index (χ4n) is 2.63. The Hall–Kier alpha value is -1.69. The molecule has 0 bridgehead atoms. The summed E-state index contributed by atoms with van der Waals surface area (Å²) in [4.78, 5) is 3.48. The summed E-state index contributed by atoms with van der Waals surface area (Å²) in [5.41, 5.74) is 3.52. The monoisotopic (exact) mass is 428 g/mol. The highest BCUT2D eigenvalue weighted by Gasteiger charge is 2.21. The first-order valence-electron chi connectivity index (χ1n) is 8.21. The van der Waals surface area contributed by atoms with E-state index in [1.807, 2.05) is 23.0 Å². The Kier molecular flexibility index (Phi) is 7.81. The van der Waals surface area contributed by atoms with E-state index >= 15 is 0 Å². The van der Waals surface area contributed by atoms with Gasteiger partial charge < -0.3 is 15.1 Å². The van der Waals surface area contributed by atoms with Crippen molar-refractivity contribution in [2.45, 2.75) is 24.5 Å². The highest BCUT2D eigenvalue weighted by Crippen LogP contribution is 2.45. The molecule has 0 aliphatic carbocycles. The second-order valence-corrected chi connectivity index (χ2v) is 7.92. The van der Waals surface area contributed by atoms with Crippen molar-refractivity contribution in [3.63, 3.8) is 0 Å². The van der Waals surface area contributed by atoms with Crippen LogP contribution in [0.5, 0.6) is 0 Å². The number of aliphatic hydroxyl groups excluding tert-OH is 2. The van der Waals surface area contributed by atoms with Crippen LogP contribution in [0.3, 0.4) is 0 Å². The molecule has 0 amide bonds. The van der Waals surface area contributed by atoms with Crippen LogP contribution in [-0.4, -0.2) is 30.0 Å². The van der Waals surface area contributed by atoms with Crippen molar-refractivity contribution in [1.82, 2.24) is 0 Å². The summed E-state index contributed by atoms with van der Waals surface area (Å²) in [6.45, 7) is 2.23. The highest BCUT2D eigenvalue weighted by atomic mass is 35.7. The summed E-state index contributed by atoms with van der Waals surface area (Å²) < 4.78 is 35.9.